The van der Waals surface area contributed by atoms with Crippen molar-refractivity contribution in [2.75, 3.05) is 49.6 Å². The number of hydrogen-bond acceptors (Lipinski definition) is 5. The van der Waals surface area contributed by atoms with Gasteiger partial charge in [-0.05, 0) is 68.8 Å². The van der Waals surface area contributed by atoms with Crippen LogP contribution in [0, 0.1) is 5.92 Å². The molecule has 0 aromatic heterocycles. The van der Waals surface area contributed by atoms with Crippen molar-refractivity contribution in [1.82, 2.24) is 10.2 Å². The van der Waals surface area contributed by atoms with Crippen molar-refractivity contribution >= 4 is 33.0 Å². The Morgan fingerprint density at radius 3 is 2.28 bits per heavy atom. The molecule has 0 spiro atoms. The maximum Gasteiger partial charge on any atom is 0.235 e. The van der Waals surface area contributed by atoms with Crippen LogP contribution in [0.4, 0.5) is 5.69 Å². The van der Waals surface area contributed by atoms with Crippen LogP contribution in [-0.2, 0) is 14.6 Å². The molecule has 0 atom stereocenters. The summed E-state index contributed by atoms with van der Waals surface area (Å²) in [6.45, 7) is 5.38. The lowest BCUT2D eigenvalue weighted by Gasteiger charge is -2.37. The fraction of sp³-hybridized carbons (Fsp3) is 0.667. The summed E-state index contributed by atoms with van der Waals surface area (Å²) in [5.74, 6) is -0.0728. The number of nitrogens with one attached hydrogen (secondary N) is 1. The molecule has 1 amide bonds. The Kier molecular flexibility index (Phi) is 7.82. The van der Waals surface area contributed by atoms with Gasteiger partial charge in [-0.1, -0.05) is 11.6 Å². The van der Waals surface area contributed by atoms with Crippen molar-refractivity contribution in [3.63, 3.8) is 0 Å². The average Bonchev–Trinajstić information content (AvgIpc) is 2.67. The summed E-state index contributed by atoms with van der Waals surface area (Å²) in [6, 6.07) is 8.20. The monoisotopic (exact) mass is 441 g/mol. The van der Waals surface area contributed by atoms with Gasteiger partial charge < -0.3 is 10.2 Å². The molecule has 3 rings (SSSR count). The smallest absolute Gasteiger partial charge is 0.235 e. The summed E-state index contributed by atoms with van der Waals surface area (Å²) >= 11 is 5.98. The number of carbonyl (C=O) groups excluding carboxylic acids is 1. The third-order valence-electron chi connectivity index (χ3n) is 6.02. The van der Waals surface area contributed by atoms with Crippen molar-refractivity contribution in [3.05, 3.63) is 29.3 Å². The van der Waals surface area contributed by atoms with Gasteiger partial charge in [-0.15, -0.1) is 0 Å². The lowest BCUT2D eigenvalue weighted by molar-refractivity contribution is -0.119. The molecule has 29 heavy (non-hydrogen) atoms. The Morgan fingerprint density at radius 2 is 1.69 bits per heavy atom. The zero-order valence-corrected chi connectivity index (χ0v) is 18.7. The van der Waals surface area contributed by atoms with Crippen LogP contribution in [0.2, 0.25) is 5.02 Å². The molecule has 1 aliphatic carbocycles. The molecule has 1 N–H and O–H groups in total. The van der Waals surface area contributed by atoms with Gasteiger partial charge in [-0.2, -0.15) is 0 Å². The lowest BCUT2D eigenvalue weighted by Crippen LogP contribution is -2.47. The van der Waals surface area contributed by atoms with E-state index < -0.39 is 15.6 Å². The number of nitrogens with zero attached hydrogens (tertiary/aromatic N) is 2. The highest BCUT2D eigenvalue weighted by Gasteiger charge is 2.24. The van der Waals surface area contributed by atoms with E-state index >= 15 is 0 Å². The lowest BCUT2D eigenvalue weighted by atomic mass is 9.84. The van der Waals surface area contributed by atoms with E-state index in [1.54, 1.807) is 0 Å². The molecule has 0 bridgehead atoms. The summed E-state index contributed by atoms with van der Waals surface area (Å²) < 4.78 is 22.4. The minimum Gasteiger partial charge on any atom is -0.369 e. The third kappa shape index (κ3) is 7.46. The van der Waals surface area contributed by atoms with Gasteiger partial charge in [0, 0.05) is 49.2 Å². The second-order valence-corrected chi connectivity index (χ2v) is 11.0. The fourth-order valence-electron chi connectivity index (χ4n) is 4.35. The number of sulfone groups is 1. The highest BCUT2D eigenvalue weighted by atomic mass is 35.5. The zero-order valence-electron chi connectivity index (χ0n) is 17.1. The predicted molar refractivity (Wildman–Crippen MR) is 118 cm³/mol. The van der Waals surface area contributed by atoms with Crippen LogP contribution >= 0.6 is 11.6 Å². The fourth-order valence-corrected chi connectivity index (χ4v) is 5.04. The summed E-state index contributed by atoms with van der Waals surface area (Å²) in [6.07, 6.45) is 6.40. The number of halogens is 1. The number of carbonyl (C=O) groups is 1. The molecule has 1 aliphatic heterocycles. The third-order valence-corrected chi connectivity index (χ3v) is 7.06. The van der Waals surface area contributed by atoms with Crippen molar-refractivity contribution in [1.29, 1.82) is 0 Å². The summed E-state index contributed by atoms with van der Waals surface area (Å²) in [7, 11) is -3.26. The van der Waals surface area contributed by atoms with Gasteiger partial charge in [-0.3, -0.25) is 9.69 Å². The van der Waals surface area contributed by atoms with Crippen molar-refractivity contribution < 1.29 is 13.2 Å². The summed E-state index contributed by atoms with van der Waals surface area (Å²) in [5.41, 5.74) is 1.24. The average molecular weight is 442 g/mol. The van der Waals surface area contributed by atoms with Crippen LogP contribution in [-0.4, -0.2) is 70.0 Å². The van der Waals surface area contributed by atoms with E-state index in [9.17, 15) is 13.2 Å². The van der Waals surface area contributed by atoms with Crippen LogP contribution < -0.4 is 10.2 Å². The highest BCUT2D eigenvalue weighted by molar-refractivity contribution is 7.91. The number of benzene rings is 1. The standard InChI is InChI=1S/C21H32ClN3O3S/c1-29(27,28)16-21(26)23-19-6-2-17(3-7-19)10-11-24-12-14-25(15-13-24)20-8-4-18(22)5-9-20/h4-5,8-9,17,19H,2-3,6-7,10-16H2,1H3,(H,23,26)/t17-,19-. The number of hydrogen-bond donors (Lipinski definition) is 1. The molecule has 1 aromatic carbocycles. The molecule has 6 nitrogen and oxygen atoms in total. The maximum atomic E-state index is 11.8. The molecule has 1 saturated carbocycles. The SMILES string of the molecule is CS(=O)(=O)CC(=O)N[C@H]1CC[C@H](CCN2CCN(c3ccc(Cl)cc3)CC2)CC1. The Bertz CT molecular complexity index is 769. The van der Waals surface area contributed by atoms with E-state index in [0.29, 0.717) is 5.92 Å². The quantitative estimate of drug-likeness (QED) is 0.704. The molecular formula is C21H32ClN3O3S. The van der Waals surface area contributed by atoms with E-state index in [1.807, 2.05) is 12.1 Å². The molecular weight excluding hydrogens is 410 g/mol. The Hall–Kier alpha value is -1.31. The van der Waals surface area contributed by atoms with Gasteiger partial charge in [0.05, 0.1) is 0 Å². The van der Waals surface area contributed by atoms with Crippen molar-refractivity contribution in [2.45, 2.75) is 38.1 Å². The molecule has 0 unspecified atom stereocenters. The topological polar surface area (TPSA) is 69.7 Å². The number of rotatable bonds is 7. The Morgan fingerprint density at radius 1 is 1.07 bits per heavy atom. The summed E-state index contributed by atoms with van der Waals surface area (Å²) in [5, 5.41) is 3.66. The van der Waals surface area contributed by atoms with Gasteiger partial charge in [0.15, 0.2) is 9.84 Å². The van der Waals surface area contributed by atoms with E-state index in [-0.39, 0.29) is 11.9 Å². The molecule has 1 aromatic rings. The van der Waals surface area contributed by atoms with Crippen LogP contribution in [0.15, 0.2) is 24.3 Å². The zero-order chi connectivity index (χ0) is 20.9. The first kappa shape index (κ1) is 22.4. The first-order valence-corrected chi connectivity index (χ1v) is 12.9. The predicted octanol–water partition coefficient (Wildman–Crippen LogP) is 2.57. The maximum absolute atomic E-state index is 11.8. The van der Waals surface area contributed by atoms with Gasteiger partial charge >= 0.3 is 0 Å². The van der Waals surface area contributed by atoms with E-state index in [1.165, 1.54) is 12.1 Å². The molecule has 8 heteroatoms. The molecule has 0 radical (unpaired) electrons. The van der Waals surface area contributed by atoms with Crippen molar-refractivity contribution in [3.8, 4) is 0 Å². The number of amides is 1. The molecule has 1 heterocycles. The van der Waals surface area contributed by atoms with Gasteiger partial charge in [-0.25, -0.2) is 8.42 Å². The number of anilines is 1. The van der Waals surface area contributed by atoms with E-state index in [4.69, 9.17) is 11.6 Å². The van der Waals surface area contributed by atoms with Crippen LogP contribution in [0.3, 0.4) is 0 Å². The van der Waals surface area contributed by atoms with Crippen LogP contribution in [0.25, 0.3) is 0 Å². The highest BCUT2D eigenvalue weighted by Crippen LogP contribution is 2.27. The molecule has 1 saturated heterocycles. The van der Waals surface area contributed by atoms with E-state index in [0.717, 1.165) is 69.7 Å². The largest absolute Gasteiger partial charge is 0.369 e. The van der Waals surface area contributed by atoms with Crippen molar-refractivity contribution in [2.24, 2.45) is 5.92 Å². The summed E-state index contributed by atoms with van der Waals surface area (Å²) in [4.78, 5) is 16.7. The minimum absolute atomic E-state index is 0.128. The Labute approximate surface area is 179 Å². The van der Waals surface area contributed by atoms with Crippen LogP contribution in [0.1, 0.15) is 32.1 Å². The molecule has 2 aliphatic rings. The molecule has 162 valence electrons. The second kappa shape index (κ2) is 10.1. The normalized spacial score (nSPS) is 23.7. The first-order valence-electron chi connectivity index (χ1n) is 10.5. The second-order valence-electron chi connectivity index (χ2n) is 8.45. The number of piperazine rings is 1. The molecule has 2 fully saturated rings. The first-order chi connectivity index (χ1) is 13.8. The van der Waals surface area contributed by atoms with Gasteiger partial charge in [0.1, 0.15) is 5.75 Å². The Balaban J connectivity index is 1.32. The van der Waals surface area contributed by atoms with Gasteiger partial charge in [0.2, 0.25) is 5.91 Å². The van der Waals surface area contributed by atoms with Crippen LogP contribution in [0.5, 0.6) is 0 Å². The minimum atomic E-state index is -3.26. The van der Waals surface area contributed by atoms with E-state index in [2.05, 4.69) is 27.2 Å². The van der Waals surface area contributed by atoms with Gasteiger partial charge in [0.25, 0.3) is 0 Å².